The summed E-state index contributed by atoms with van der Waals surface area (Å²) in [6.07, 6.45) is 3.20. The normalized spacial score (nSPS) is 10.4. The van der Waals surface area contributed by atoms with E-state index in [1.807, 2.05) is 6.07 Å². The number of nitrogens with zero attached hydrogens (tertiary/aromatic N) is 2. The lowest BCUT2D eigenvalue weighted by molar-refractivity contribution is -0.133. The Balaban J connectivity index is 2.00. The van der Waals surface area contributed by atoms with E-state index in [9.17, 15) is 9.59 Å². The first-order valence-corrected chi connectivity index (χ1v) is 10.8. The van der Waals surface area contributed by atoms with E-state index >= 15 is 0 Å². The molecule has 0 spiro atoms. The van der Waals surface area contributed by atoms with Gasteiger partial charge in [0.2, 0.25) is 5.75 Å². The number of aromatic nitrogens is 1. The minimum Gasteiger partial charge on any atom is -0.493 e. The maximum Gasteiger partial charge on any atom is 0.339 e. The van der Waals surface area contributed by atoms with Gasteiger partial charge in [-0.3, -0.25) is 4.79 Å². The number of ether oxygens (including phenoxy) is 4. The molecule has 3 aromatic rings. The number of benzene rings is 2. The van der Waals surface area contributed by atoms with Crippen LogP contribution in [0, 0.1) is 0 Å². The molecule has 0 saturated carbocycles. The molecule has 35 heavy (non-hydrogen) atoms. The molecule has 1 amide bonds. The van der Waals surface area contributed by atoms with Crippen LogP contribution in [0.3, 0.4) is 0 Å². The maximum atomic E-state index is 13.1. The molecule has 0 unspecified atom stereocenters. The number of esters is 1. The van der Waals surface area contributed by atoms with E-state index in [1.165, 1.54) is 26.2 Å². The van der Waals surface area contributed by atoms with Crippen LogP contribution in [0.15, 0.2) is 67.8 Å². The molecule has 0 aliphatic rings. The number of para-hydroxylation sites is 1. The molecular weight excluding hydrogens is 448 g/mol. The van der Waals surface area contributed by atoms with Gasteiger partial charge in [0.25, 0.3) is 5.91 Å². The van der Waals surface area contributed by atoms with E-state index in [4.69, 9.17) is 23.9 Å². The highest BCUT2D eigenvalue weighted by Gasteiger charge is 2.20. The highest BCUT2D eigenvalue weighted by Crippen LogP contribution is 2.41. The van der Waals surface area contributed by atoms with E-state index in [0.717, 1.165) is 0 Å². The lowest BCUT2D eigenvalue weighted by Gasteiger charge is -2.19. The molecule has 1 heterocycles. The van der Waals surface area contributed by atoms with Gasteiger partial charge in [-0.1, -0.05) is 30.4 Å². The number of hydrogen-bond donors (Lipinski definition) is 0. The van der Waals surface area contributed by atoms with Crippen molar-refractivity contribution in [2.45, 2.75) is 0 Å². The Morgan fingerprint density at radius 3 is 2.14 bits per heavy atom. The van der Waals surface area contributed by atoms with Crippen LogP contribution in [0.2, 0.25) is 0 Å². The number of carbonyl (C=O) groups is 2. The second-order valence-electron chi connectivity index (χ2n) is 7.44. The fourth-order valence-electron chi connectivity index (χ4n) is 3.61. The summed E-state index contributed by atoms with van der Waals surface area (Å²) >= 11 is 0. The molecule has 0 saturated heterocycles. The van der Waals surface area contributed by atoms with Gasteiger partial charge >= 0.3 is 5.97 Å². The maximum absolute atomic E-state index is 13.1. The van der Waals surface area contributed by atoms with Crippen molar-refractivity contribution in [1.29, 1.82) is 0 Å². The molecular formula is C27H28N2O6. The van der Waals surface area contributed by atoms with Crippen molar-refractivity contribution in [3.05, 3.63) is 73.3 Å². The van der Waals surface area contributed by atoms with Gasteiger partial charge in [-0.25, -0.2) is 9.78 Å². The zero-order valence-electron chi connectivity index (χ0n) is 20.1. The Kier molecular flexibility index (Phi) is 8.45. The van der Waals surface area contributed by atoms with Crippen molar-refractivity contribution in [2.24, 2.45) is 0 Å². The van der Waals surface area contributed by atoms with Crippen molar-refractivity contribution in [3.8, 4) is 28.5 Å². The van der Waals surface area contributed by atoms with Gasteiger partial charge in [0, 0.05) is 24.0 Å². The minimum atomic E-state index is -0.636. The van der Waals surface area contributed by atoms with Gasteiger partial charge in [0.15, 0.2) is 18.1 Å². The Morgan fingerprint density at radius 1 is 0.943 bits per heavy atom. The third-order valence-electron chi connectivity index (χ3n) is 5.28. The highest BCUT2D eigenvalue weighted by molar-refractivity contribution is 6.05. The first-order chi connectivity index (χ1) is 17.0. The quantitative estimate of drug-likeness (QED) is 0.301. The zero-order valence-corrected chi connectivity index (χ0v) is 20.1. The van der Waals surface area contributed by atoms with Gasteiger partial charge in [0.05, 0.1) is 38.1 Å². The fourth-order valence-corrected chi connectivity index (χ4v) is 3.61. The van der Waals surface area contributed by atoms with Crippen LogP contribution in [-0.2, 0) is 9.53 Å². The molecule has 0 atom stereocenters. The topological polar surface area (TPSA) is 87.2 Å². The molecule has 2 aromatic carbocycles. The summed E-state index contributed by atoms with van der Waals surface area (Å²) in [5, 5.41) is 0.607. The third kappa shape index (κ3) is 5.60. The number of methoxy groups -OCH3 is 3. The van der Waals surface area contributed by atoms with E-state index in [1.54, 1.807) is 48.6 Å². The molecule has 0 fully saturated rings. The van der Waals surface area contributed by atoms with Gasteiger partial charge in [0.1, 0.15) is 0 Å². The van der Waals surface area contributed by atoms with Gasteiger partial charge in [-0.05, 0) is 24.3 Å². The fraction of sp³-hybridized carbons (Fsp3) is 0.222. The number of hydrogen-bond acceptors (Lipinski definition) is 7. The summed E-state index contributed by atoms with van der Waals surface area (Å²) in [6.45, 7) is 7.54. The molecule has 8 heteroatoms. The van der Waals surface area contributed by atoms with Gasteiger partial charge in [-0.2, -0.15) is 0 Å². The number of rotatable bonds is 11. The largest absolute Gasteiger partial charge is 0.493 e. The Morgan fingerprint density at radius 2 is 1.57 bits per heavy atom. The lowest BCUT2D eigenvalue weighted by atomic mass is 10.0. The monoisotopic (exact) mass is 476 g/mol. The number of fused-ring (bicyclic) bond motifs is 1. The number of pyridine rings is 1. The van der Waals surface area contributed by atoms with Gasteiger partial charge in [-0.15, -0.1) is 13.2 Å². The van der Waals surface area contributed by atoms with Crippen molar-refractivity contribution in [2.75, 3.05) is 41.0 Å². The molecule has 0 bridgehead atoms. The smallest absolute Gasteiger partial charge is 0.339 e. The standard InChI is InChI=1S/C27H28N2O6/c1-6-12-29(13-7-2)25(30)17-35-27(31)20-16-22(28-21-11-9-8-10-19(20)21)18-14-23(32-3)26(34-5)24(15-18)33-4/h6-11,14-16H,1-2,12-13,17H2,3-5H3. The van der Waals surface area contributed by atoms with Crippen molar-refractivity contribution in [3.63, 3.8) is 0 Å². The van der Waals surface area contributed by atoms with Crippen LogP contribution in [0.4, 0.5) is 0 Å². The summed E-state index contributed by atoms with van der Waals surface area (Å²) in [5.74, 6) is 0.373. The molecule has 0 aliphatic heterocycles. The van der Waals surface area contributed by atoms with Crippen LogP contribution in [0.25, 0.3) is 22.2 Å². The first kappa shape index (κ1) is 25.3. The third-order valence-corrected chi connectivity index (χ3v) is 5.28. The van der Waals surface area contributed by atoms with Crippen LogP contribution in [-0.4, -0.2) is 62.8 Å². The molecule has 182 valence electrons. The van der Waals surface area contributed by atoms with Crippen LogP contribution in [0.5, 0.6) is 17.2 Å². The Labute approximate surface area is 204 Å². The number of carbonyl (C=O) groups excluding carboxylic acids is 2. The first-order valence-electron chi connectivity index (χ1n) is 10.8. The predicted molar refractivity (Wildman–Crippen MR) is 134 cm³/mol. The van der Waals surface area contributed by atoms with Crippen LogP contribution in [0.1, 0.15) is 10.4 Å². The molecule has 0 N–H and O–H groups in total. The van der Waals surface area contributed by atoms with Crippen molar-refractivity contribution < 1.29 is 28.5 Å². The molecule has 3 rings (SSSR count). The molecule has 1 aromatic heterocycles. The summed E-state index contributed by atoms with van der Waals surface area (Å²) < 4.78 is 21.7. The average molecular weight is 477 g/mol. The Bertz CT molecular complexity index is 1220. The molecule has 0 aliphatic carbocycles. The van der Waals surface area contributed by atoms with Gasteiger partial charge < -0.3 is 23.8 Å². The zero-order chi connectivity index (χ0) is 25.4. The van der Waals surface area contributed by atoms with E-state index in [2.05, 4.69) is 13.2 Å². The van der Waals surface area contributed by atoms with E-state index < -0.39 is 12.6 Å². The average Bonchev–Trinajstić information content (AvgIpc) is 2.89. The number of amides is 1. The predicted octanol–water partition coefficient (Wildman–Crippen LogP) is 4.29. The van der Waals surface area contributed by atoms with Crippen LogP contribution < -0.4 is 14.2 Å². The van der Waals surface area contributed by atoms with Crippen LogP contribution >= 0.6 is 0 Å². The SMILES string of the molecule is C=CCN(CC=C)C(=O)COC(=O)c1cc(-c2cc(OC)c(OC)c(OC)c2)nc2ccccc12. The summed E-state index contributed by atoms with van der Waals surface area (Å²) in [5.41, 5.74) is 2.03. The summed E-state index contributed by atoms with van der Waals surface area (Å²) in [6, 6.07) is 12.3. The van der Waals surface area contributed by atoms with E-state index in [-0.39, 0.29) is 11.5 Å². The minimum absolute atomic E-state index is 0.283. The second kappa shape index (κ2) is 11.7. The van der Waals surface area contributed by atoms with Crippen molar-refractivity contribution in [1.82, 2.24) is 9.88 Å². The highest BCUT2D eigenvalue weighted by atomic mass is 16.5. The Hall–Kier alpha value is -4.33. The molecule has 0 radical (unpaired) electrons. The lowest BCUT2D eigenvalue weighted by Crippen LogP contribution is -2.35. The summed E-state index contributed by atoms with van der Waals surface area (Å²) in [4.78, 5) is 31.8. The van der Waals surface area contributed by atoms with E-state index in [0.29, 0.717) is 52.5 Å². The second-order valence-corrected chi connectivity index (χ2v) is 7.44. The summed E-state index contributed by atoms with van der Waals surface area (Å²) in [7, 11) is 4.57. The van der Waals surface area contributed by atoms with Crippen molar-refractivity contribution >= 4 is 22.8 Å². The molecule has 8 nitrogen and oxygen atoms in total.